The molecule has 0 radical (unpaired) electrons. The van der Waals surface area contributed by atoms with Crippen LogP contribution in [-0.4, -0.2) is 67.6 Å². The Morgan fingerprint density at radius 2 is 1.85 bits per heavy atom. The average Bonchev–Trinajstić information content (AvgIpc) is 3.39. The summed E-state index contributed by atoms with van der Waals surface area (Å²) in [6.45, 7) is 7.95. The van der Waals surface area contributed by atoms with Gasteiger partial charge < -0.3 is 20.9 Å². The van der Waals surface area contributed by atoms with Crippen molar-refractivity contribution in [3.05, 3.63) is 42.2 Å². The van der Waals surface area contributed by atoms with E-state index < -0.39 is 12.1 Å². The zero-order valence-corrected chi connectivity index (χ0v) is 19.7. The van der Waals surface area contributed by atoms with Crippen molar-refractivity contribution in [3.63, 3.8) is 0 Å². The maximum atomic E-state index is 13.5. The van der Waals surface area contributed by atoms with E-state index in [0.717, 1.165) is 19.3 Å². The topological polar surface area (TPSA) is 93.8 Å². The highest BCUT2D eigenvalue weighted by molar-refractivity contribution is 5.93. The fraction of sp³-hybridized carbons (Fsp3) is 0.542. The zero-order chi connectivity index (χ0) is 24.3. The minimum atomic E-state index is -0.814. The number of rotatable bonds is 7. The monoisotopic (exact) mass is 459 g/mol. The van der Waals surface area contributed by atoms with Gasteiger partial charge in [-0.25, -0.2) is 9.18 Å². The van der Waals surface area contributed by atoms with Crippen molar-refractivity contribution in [1.29, 1.82) is 0 Å². The van der Waals surface area contributed by atoms with Gasteiger partial charge in [0.25, 0.3) is 0 Å². The number of carbonyl (C=O) groups is 3. The standard InChI is InChI=1S/C24H34FN5O3/c1-14(2)20(28-22(31)15(3)26-4)23(32)30-13-12-16-6-11-19(21(16)30)27-24(33)29(5)18-9-7-17(25)8-10-18/h7-10,15-16,19-21,26H,1,6,11-13H2,2-5H3,(H,27,33)(H,28,31)/t15-,16+,19-,20-,21-/m0/s1. The number of benzene rings is 1. The molecular weight excluding hydrogens is 425 g/mol. The van der Waals surface area contributed by atoms with Gasteiger partial charge in [-0.2, -0.15) is 0 Å². The van der Waals surface area contributed by atoms with Crippen LogP contribution in [0.3, 0.4) is 0 Å². The number of hydrogen-bond acceptors (Lipinski definition) is 4. The number of nitrogens with zero attached hydrogens (tertiary/aromatic N) is 2. The summed E-state index contributed by atoms with van der Waals surface area (Å²) in [5.41, 5.74) is 1.14. The van der Waals surface area contributed by atoms with E-state index in [9.17, 15) is 18.8 Å². The number of likely N-dealkylation sites (tertiary alicyclic amines) is 1. The van der Waals surface area contributed by atoms with Crippen LogP contribution < -0.4 is 20.9 Å². The van der Waals surface area contributed by atoms with Crippen LogP contribution >= 0.6 is 0 Å². The first-order valence-corrected chi connectivity index (χ1v) is 11.4. The quantitative estimate of drug-likeness (QED) is 0.544. The van der Waals surface area contributed by atoms with Gasteiger partial charge in [0.05, 0.1) is 18.1 Å². The molecule has 3 N–H and O–H groups in total. The van der Waals surface area contributed by atoms with Crippen LogP contribution in [0.25, 0.3) is 0 Å². The number of hydrogen-bond donors (Lipinski definition) is 3. The van der Waals surface area contributed by atoms with Gasteiger partial charge in [0, 0.05) is 19.3 Å². The number of urea groups is 1. The van der Waals surface area contributed by atoms with Gasteiger partial charge in [0.2, 0.25) is 11.8 Å². The van der Waals surface area contributed by atoms with Crippen LogP contribution in [-0.2, 0) is 9.59 Å². The van der Waals surface area contributed by atoms with E-state index in [1.54, 1.807) is 45.0 Å². The molecule has 1 aromatic rings. The highest BCUT2D eigenvalue weighted by Gasteiger charge is 2.48. The van der Waals surface area contributed by atoms with Crippen LogP contribution in [0.5, 0.6) is 0 Å². The summed E-state index contributed by atoms with van der Waals surface area (Å²) in [6, 6.07) is 3.81. The van der Waals surface area contributed by atoms with E-state index in [0.29, 0.717) is 23.7 Å². The molecule has 33 heavy (non-hydrogen) atoms. The second kappa shape index (κ2) is 10.3. The highest BCUT2D eigenvalue weighted by atomic mass is 19.1. The van der Waals surface area contributed by atoms with E-state index in [-0.39, 0.29) is 35.7 Å². The molecule has 4 amide bonds. The molecule has 1 aliphatic carbocycles. The molecule has 1 saturated carbocycles. The lowest BCUT2D eigenvalue weighted by Crippen LogP contribution is -2.57. The van der Waals surface area contributed by atoms with Crippen LogP contribution in [0.1, 0.15) is 33.1 Å². The Hall–Kier alpha value is -2.94. The largest absolute Gasteiger partial charge is 0.339 e. The Bertz CT molecular complexity index is 906. The van der Waals surface area contributed by atoms with Crippen molar-refractivity contribution >= 4 is 23.5 Å². The van der Waals surface area contributed by atoms with E-state index in [2.05, 4.69) is 22.5 Å². The van der Waals surface area contributed by atoms with Gasteiger partial charge in [0.15, 0.2) is 0 Å². The number of likely N-dealkylation sites (N-methyl/N-ethyl adjacent to an activating group) is 1. The fourth-order valence-electron chi connectivity index (χ4n) is 4.72. The van der Waals surface area contributed by atoms with E-state index >= 15 is 0 Å². The van der Waals surface area contributed by atoms with Crippen molar-refractivity contribution in [1.82, 2.24) is 20.9 Å². The number of amides is 4. The molecule has 180 valence electrons. The predicted octanol–water partition coefficient (Wildman–Crippen LogP) is 2.02. The molecule has 0 bridgehead atoms. The van der Waals surface area contributed by atoms with Gasteiger partial charge >= 0.3 is 6.03 Å². The summed E-state index contributed by atoms with van der Waals surface area (Å²) in [6.07, 6.45) is 2.55. The number of anilines is 1. The maximum absolute atomic E-state index is 13.5. The third-order valence-electron chi connectivity index (χ3n) is 6.81. The molecule has 5 atom stereocenters. The SMILES string of the molecule is C=C(C)[C@H](NC(=O)[C@H](C)NC)C(=O)N1CC[C@H]2CC[C@H](NC(=O)N(C)c3ccc(F)cc3)[C@H]21. The first-order chi connectivity index (χ1) is 15.6. The number of nitrogens with one attached hydrogen (secondary N) is 3. The van der Waals surface area contributed by atoms with Crippen molar-refractivity contribution in [2.24, 2.45) is 5.92 Å². The van der Waals surface area contributed by atoms with E-state index in [4.69, 9.17) is 0 Å². The third-order valence-corrected chi connectivity index (χ3v) is 6.81. The Morgan fingerprint density at radius 3 is 2.45 bits per heavy atom. The summed E-state index contributed by atoms with van der Waals surface area (Å²) >= 11 is 0. The molecule has 1 saturated heterocycles. The zero-order valence-electron chi connectivity index (χ0n) is 19.7. The van der Waals surface area contributed by atoms with Crippen molar-refractivity contribution in [2.75, 3.05) is 25.5 Å². The smallest absolute Gasteiger partial charge is 0.321 e. The van der Waals surface area contributed by atoms with Gasteiger partial charge in [-0.1, -0.05) is 6.58 Å². The first kappa shape index (κ1) is 24.7. The summed E-state index contributed by atoms with van der Waals surface area (Å²) in [7, 11) is 3.31. The first-order valence-electron chi connectivity index (χ1n) is 11.4. The van der Waals surface area contributed by atoms with Crippen LogP contribution in [0, 0.1) is 11.7 Å². The third kappa shape index (κ3) is 5.35. The Kier molecular flexibility index (Phi) is 7.73. The Balaban J connectivity index is 1.71. The molecule has 3 rings (SSSR count). The lowest BCUT2D eigenvalue weighted by atomic mass is 10.0. The van der Waals surface area contributed by atoms with Gasteiger partial charge in [0.1, 0.15) is 11.9 Å². The molecule has 0 aromatic heterocycles. The second-order valence-electron chi connectivity index (χ2n) is 9.04. The molecule has 1 heterocycles. The molecule has 2 aliphatic rings. The van der Waals surface area contributed by atoms with Crippen LogP contribution in [0.15, 0.2) is 36.4 Å². The van der Waals surface area contributed by atoms with Crippen LogP contribution in [0.2, 0.25) is 0 Å². The van der Waals surface area contributed by atoms with E-state index in [1.807, 2.05) is 0 Å². The summed E-state index contributed by atoms with van der Waals surface area (Å²) in [5, 5.41) is 8.74. The highest BCUT2D eigenvalue weighted by Crippen LogP contribution is 2.38. The predicted molar refractivity (Wildman–Crippen MR) is 125 cm³/mol. The number of halogens is 1. The summed E-state index contributed by atoms with van der Waals surface area (Å²) in [5.74, 6) is -0.533. The molecule has 0 unspecified atom stereocenters. The van der Waals surface area contributed by atoms with Crippen molar-refractivity contribution in [3.8, 4) is 0 Å². The Morgan fingerprint density at radius 1 is 1.18 bits per heavy atom. The maximum Gasteiger partial charge on any atom is 0.321 e. The van der Waals surface area contributed by atoms with Crippen LogP contribution in [0.4, 0.5) is 14.9 Å². The minimum absolute atomic E-state index is 0.136. The lowest BCUT2D eigenvalue weighted by Gasteiger charge is -2.34. The van der Waals surface area contributed by atoms with Crippen molar-refractivity contribution < 1.29 is 18.8 Å². The normalized spacial score (nSPS) is 23.4. The second-order valence-corrected chi connectivity index (χ2v) is 9.04. The minimum Gasteiger partial charge on any atom is -0.339 e. The van der Waals surface area contributed by atoms with Gasteiger partial charge in [-0.15, -0.1) is 0 Å². The molecule has 2 fully saturated rings. The molecule has 0 spiro atoms. The summed E-state index contributed by atoms with van der Waals surface area (Å²) in [4.78, 5) is 42.0. The molecule has 8 nitrogen and oxygen atoms in total. The molecule has 9 heteroatoms. The van der Waals surface area contributed by atoms with Gasteiger partial charge in [-0.3, -0.25) is 14.5 Å². The number of fused-ring (bicyclic) bond motifs is 1. The fourth-order valence-corrected chi connectivity index (χ4v) is 4.72. The molecule has 1 aromatic carbocycles. The van der Waals surface area contributed by atoms with Crippen molar-refractivity contribution in [2.45, 2.75) is 57.3 Å². The number of carbonyl (C=O) groups excluding carboxylic acids is 3. The van der Waals surface area contributed by atoms with E-state index in [1.165, 1.54) is 17.0 Å². The van der Waals surface area contributed by atoms with Gasteiger partial charge in [-0.05, 0) is 75.9 Å². The summed E-state index contributed by atoms with van der Waals surface area (Å²) < 4.78 is 13.2. The average molecular weight is 460 g/mol. The Labute approximate surface area is 194 Å². The molecular formula is C24H34FN5O3. The lowest BCUT2D eigenvalue weighted by molar-refractivity contribution is -0.136. The molecule has 1 aliphatic heterocycles.